The lowest BCUT2D eigenvalue weighted by Crippen LogP contribution is -2.10. The molecule has 0 aliphatic heterocycles. The highest BCUT2D eigenvalue weighted by Gasteiger charge is 2.28. The number of methoxy groups -OCH3 is 1. The van der Waals surface area contributed by atoms with Gasteiger partial charge in [-0.1, -0.05) is 0 Å². The van der Waals surface area contributed by atoms with Crippen LogP contribution in [0.5, 0.6) is 0 Å². The molecule has 0 spiro atoms. The molecule has 1 aliphatic carbocycles. The Kier molecular flexibility index (Phi) is 3.23. The Morgan fingerprint density at radius 3 is 3.10 bits per heavy atom. The van der Waals surface area contributed by atoms with Gasteiger partial charge in [0.1, 0.15) is 0 Å². The van der Waals surface area contributed by atoms with Crippen LogP contribution in [0.15, 0.2) is 18.5 Å². The zero-order chi connectivity index (χ0) is 14.1. The molecule has 2 heterocycles. The van der Waals surface area contributed by atoms with Crippen LogP contribution in [-0.4, -0.2) is 39.6 Å². The summed E-state index contributed by atoms with van der Waals surface area (Å²) in [6, 6.07) is 1.92. The molecule has 104 valence electrons. The molecule has 2 aromatic rings. The number of aromatic nitrogens is 3. The Morgan fingerprint density at radius 1 is 1.50 bits per heavy atom. The number of aryl methyl sites for hydroxylation is 1. The van der Waals surface area contributed by atoms with E-state index in [-0.39, 0.29) is 6.61 Å². The molecule has 0 bridgehead atoms. The van der Waals surface area contributed by atoms with Crippen molar-refractivity contribution in [1.82, 2.24) is 14.8 Å². The number of aliphatic hydroxyl groups excluding tert-OH is 1. The molecule has 0 radical (unpaired) electrons. The number of ether oxygens (including phenoxy) is 1. The van der Waals surface area contributed by atoms with E-state index in [2.05, 4.69) is 10.1 Å². The fourth-order valence-corrected chi connectivity index (χ4v) is 2.67. The van der Waals surface area contributed by atoms with Gasteiger partial charge in [-0.2, -0.15) is 5.10 Å². The summed E-state index contributed by atoms with van der Waals surface area (Å²) >= 11 is 0. The largest absolute Gasteiger partial charge is 0.464 e. The average Bonchev–Trinajstić information content (AvgIpc) is 2.86. The first-order chi connectivity index (χ1) is 9.76. The van der Waals surface area contributed by atoms with Crippen LogP contribution >= 0.6 is 0 Å². The van der Waals surface area contributed by atoms with Crippen molar-refractivity contribution in [1.29, 1.82) is 0 Å². The molecule has 0 amide bonds. The molecule has 1 N–H and O–H groups in total. The van der Waals surface area contributed by atoms with Crippen molar-refractivity contribution in [3.63, 3.8) is 0 Å². The van der Waals surface area contributed by atoms with Gasteiger partial charge in [0.2, 0.25) is 0 Å². The van der Waals surface area contributed by atoms with Gasteiger partial charge in [-0.15, -0.1) is 0 Å². The van der Waals surface area contributed by atoms with Gasteiger partial charge in [-0.05, 0) is 24.5 Å². The summed E-state index contributed by atoms with van der Waals surface area (Å²) in [7, 11) is 1.35. The van der Waals surface area contributed by atoms with E-state index in [1.165, 1.54) is 7.11 Å². The van der Waals surface area contributed by atoms with Gasteiger partial charge in [0.25, 0.3) is 0 Å². The highest BCUT2D eigenvalue weighted by atomic mass is 16.5. The Bertz CT molecular complexity index is 664. The number of carbonyl (C=O) groups excluding carboxylic acids is 1. The van der Waals surface area contributed by atoms with E-state index in [0.29, 0.717) is 12.2 Å². The molecule has 1 aliphatic rings. The van der Waals surface area contributed by atoms with Crippen LogP contribution in [0.3, 0.4) is 0 Å². The molecule has 6 nitrogen and oxygen atoms in total. The second kappa shape index (κ2) is 5.05. The summed E-state index contributed by atoms with van der Waals surface area (Å²) in [5, 5.41) is 13.5. The smallest absolute Gasteiger partial charge is 0.358 e. The lowest BCUT2D eigenvalue weighted by Gasteiger charge is -2.17. The topological polar surface area (TPSA) is 77.2 Å². The van der Waals surface area contributed by atoms with Crippen molar-refractivity contribution in [2.75, 3.05) is 13.7 Å². The number of hydrogen-bond donors (Lipinski definition) is 1. The van der Waals surface area contributed by atoms with E-state index in [0.717, 1.165) is 35.2 Å². The molecule has 6 heteroatoms. The van der Waals surface area contributed by atoms with E-state index < -0.39 is 5.97 Å². The minimum atomic E-state index is -0.435. The molecule has 2 aromatic heterocycles. The summed E-state index contributed by atoms with van der Waals surface area (Å²) in [4.78, 5) is 16.0. The predicted molar refractivity (Wildman–Crippen MR) is 71.3 cm³/mol. The third-order valence-electron chi connectivity index (χ3n) is 3.54. The summed E-state index contributed by atoms with van der Waals surface area (Å²) in [6.07, 6.45) is 5.11. The quantitative estimate of drug-likeness (QED) is 0.838. The van der Waals surface area contributed by atoms with Crippen molar-refractivity contribution in [2.24, 2.45) is 0 Å². The number of carbonyl (C=O) groups is 1. The second-order valence-corrected chi connectivity index (χ2v) is 4.65. The maximum atomic E-state index is 11.8. The van der Waals surface area contributed by atoms with Crippen LogP contribution in [0.2, 0.25) is 0 Å². The summed E-state index contributed by atoms with van der Waals surface area (Å²) in [5.41, 5.74) is 4.29. The summed E-state index contributed by atoms with van der Waals surface area (Å²) in [5.74, 6) is -0.435. The fourth-order valence-electron chi connectivity index (χ4n) is 2.67. The maximum Gasteiger partial charge on any atom is 0.358 e. The lowest BCUT2D eigenvalue weighted by atomic mass is 9.90. The molecule has 3 rings (SSSR count). The minimum Gasteiger partial charge on any atom is -0.464 e. The van der Waals surface area contributed by atoms with E-state index in [9.17, 15) is 9.90 Å². The SMILES string of the molecule is COC(=O)c1nn(CCO)c2c1CCc1cnccc1-2. The average molecular weight is 273 g/mol. The van der Waals surface area contributed by atoms with Crippen LogP contribution < -0.4 is 0 Å². The zero-order valence-electron chi connectivity index (χ0n) is 11.2. The van der Waals surface area contributed by atoms with Gasteiger partial charge >= 0.3 is 5.97 Å². The molecule has 0 fully saturated rings. The first-order valence-electron chi connectivity index (χ1n) is 6.48. The lowest BCUT2D eigenvalue weighted by molar-refractivity contribution is 0.0591. The molecule has 0 unspecified atom stereocenters. The monoisotopic (exact) mass is 273 g/mol. The van der Waals surface area contributed by atoms with E-state index in [1.807, 2.05) is 12.3 Å². The minimum absolute atomic E-state index is 0.0326. The molecule has 0 saturated carbocycles. The molecule has 0 saturated heterocycles. The van der Waals surface area contributed by atoms with Gasteiger partial charge < -0.3 is 9.84 Å². The number of aliphatic hydroxyl groups is 1. The van der Waals surface area contributed by atoms with Gasteiger partial charge in [0, 0.05) is 23.5 Å². The van der Waals surface area contributed by atoms with Crippen molar-refractivity contribution in [3.8, 4) is 11.3 Å². The van der Waals surface area contributed by atoms with Gasteiger partial charge in [-0.3, -0.25) is 9.67 Å². The first kappa shape index (κ1) is 12.8. The van der Waals surface area contributed by atoms with Crippen LogP contribution in [0.1, 0.15) is 21.6 Å². The normalized spacial score (nSPS) is 12.7. The standard InChI is InChI=1S/C14H15N3O3/c1-20-14(19)12-11-3-2-9-8-15-5-4-10(9)13(11)17(16-12)6-7-18/h4-5,8,18H,2-3,6-7H2,1H3. The van der Waals surface area contributed by atoms with Crippen molar-refractivity contribution in [3.05, 3.63) is 35.3 Å². The highest BCUT2D eigenvalue weighted by molar-refractivity contribution is 5.92. The molecule has 0 aromatic carbocycles. The Morgan fingerprint density at radius 2 is 2.35 bits per heavy atom. The highest BCUT2D eigenvalue weighted by Crippen LogP contribution is 2.35. The van der Waals surface area contributed by atoms with Crippen LogP contribution in [0.25, 0.3) is 11.3 Å². The third-order valence-corrected chi connectivity index (χ3v) is 3.54. The van der Waals surface area contributed by atoms with Gasteiger partial charge in [0.05, 0.1) is 26.0 Å². The summed E-state index contributed by atoms with van der Waals surface area (Å²) < 4.78 is 6.47. The van der Waals surface area contributed by atoms with E-state index in [1.54, 1.807) is 10.9 Å². The first-order valence-corrected chi connectivity index (χ1v) is 6.48. The van der Waals surface area contributed by atoms with Crippen molar-refractivity contribution >= 4 is 5.97 Å². The Balaban J connectivity index is 2.21. The molecular weight excluding hydrogens is 258 g/mol. The number of esters is 1. The maximum absolute atomic E-state index is 11.8. The summed E-state index contributed by atoms with van der Waals surface area (Å²) in [6.45, 7) is 0.316. The van der Waals surface area contributed by atoms with Crippen LogP contribution in [-0.2, 0) is 24.1 Å². The molecule has 0 atom stereocenters. The van der Waals surface area contributed by atoms with Gasteiger partial charge in [-0.25, -0.2) is 4.79 Å². The Labute approximate surface area is 116 Å². The van der Waals surface area contributed by atoms with Crippen LogP contribution in [0.4, 0.5) is 0 Å². The number of nitrogens with zero attached hydrogens (tertiary/aromatic N) is 3. The number of rotatable bonds is 3. The predicted octanol–water partition coefficient (Wildman–Crippen LogP) is 0.823. The van der Waals surface area contributed by atoms with E-state index >= 15 is 0 Å². The molecular formula is C14H15N3O3. The number of hydrogen-bond acceptors (Lipinski definition) is 5. The molecule has 20 heavy (non-hydrogen) atoms. The van der Waals surface area contributed by atoms with Crippen LogP contribution in [0, 0.1) is 0 Å². The zero-order valence-corrected chi connectivity index (χ0v) is 11.2. The Hall–Kier alpha value is -2.21. The number of pyridine rings is 1. The third kappa shape index (κ3) is 1.89. The van der Waals surface area contributed by atoms with Gasteiger partial charge in [0.15, 0.2) is 5.69 Å². The van der Waals surface area contributed by atoms with E-state index in [4.69, 9.17) is 4.74 Å². The van der Waals surface area contributed by atoms with Crippen molar-refractivity contribution in [2.45, 2.75) is 19.4 Å². The number of fused-ring (bicyclic) bond motifs is 3. The second-order valence-electron chi connectivity index (χ2n) is 4.65. The fraction of sp³-hybridized carbons (Fsp3) is 0.357. The van der Waals surface area contributed by atoms with Crippen molar-refractivity contribution < 1.29 is 14.6 Å².